The Morgan fingerprint density at radius 3 is 2.43 bits per heavy atom. The van der Waals surface area contributed by atoms with Crippen molar-refractivity contribution in [1.29, 1.82) is 0 Å². The molecular weight excluding hydrogens is 371 g/mol. The molecule has 0 amide bonds. The van der Waals surface area contributed by atoms with Crippen LogP contribution >= 0.6 is 0 Å². The highest BCUT2D eigenvalue weighted by atomic mass is 19.4. The number of alkyl halides is 3. The van der Waals surface area contributed by atoms with Crippen LogP contribution in [0.15, 0.2) is 36.7 Å². The summed E-state index contributed by atoms with van der Waals surface area (Å²) in [5.41, 5.74) is -0.567. The Hall–Kier alpha value is -2.68. The number of anilines is 1. The largest absolute Gasteiger partial charge is 0.416 e. The summed E-state index contributed by atoms with van der Waals surface area (Å²) in [5.74, 6) is 1.40. The van der Waals surface area contributed by atoms with Crippen molar-refractivity contribution in [1.82, 2.24) is 19.6 Å². The van der Waals surface area contributed by atoms with Crippen molar-refractivity contribution in [3.63, 3.8) is 0 Å². The number of aromatic nitrogens is 4. The molecule has 0 saturated heterocycles. The predicted molar refractivity (Wildman–Crippen MR) is 96.9 cm³/mol. The minimum absolute atomic E-state index is 0.383. The van der Waals surface area contributed by atoms with E-state index in [2.05, 4.69) is 20.4 Å². The molecule has 1 aliphatic rings. The Labute approximate surface area is 159 Å². The molecule has 9 heteroatoms. The van der Waals surface area contributed by atoms with E-state index in [4.69, 9.17) is 0 Å². The molecule has 1 saturated carbocycles. The Kier molecular flexibility index (Phi) is 4.29. The van der Waals surface area contributed by atoms with Gasteiger partial charge in [0.25, 0.3) is 5.78 Å². The van der Waals surface area contributed by atoms with E-state index in [1.54, 1.807) is 13.8 Å². The number of hydrogen-bond donors (Lipinski definition) is 2. The van der Waals surface area contributed by atoms with Gasteiger partial charge in [0, 0.05) is 12.0 Å². The van der Waals surface area contributed by atoms with Gasteiger partial charge in [-0.1, -0.05) is 12.1 Å². The van der Waals surface area contributed by atoms with Crippen molar-refractivity contribution < 1.29 is 18.3 Å². The van der Waals surface area contributed by atoms with Gasteiger partial charge in [-0.3, -0.25) is 0 Å². The number of rotatable bonds is 5. The van der Waals surface area contributed by atoms with E-state index in [0.717, 1.165) is 30.7 Å². The van der Waals surface area contributed by atoms with Crippen LogP contribution in [-0.4, -0.2) is 30.3 Å². The normalized spacial score (nSPS) is 16.4. The molecule has 2 N–H and O–H groups in total. The second-order valence-electron chi connectivity index (χ2n) is 7.66. The molecule has 2 heterocycles. The summed E-state index contributed by atoms with van der Waals surface area (Å²) in [6, 6.07) is 5.98. The van der Waals surface area contributed by atoms with E-state index in [-0.39, 0.29) is 0 Å². The second-order valence-corrected chi connectivity index (χ2v) is 7.66. The molecule has 1 aliphatic carbocycles. The van der Waals surface area contributed by atoms with E-state index in [1.165, 1.54) is 23.0 Å². The lowest BCUT2D eigenvalue weighted by Crippen LogP contribution is -2.35. The molecule has 1 fully saturated rings. The number of fused-ring (bicyclic) bond motifs is 1. The lowest BCUT2D eigenvalue weighted by Gasteiger charge is -2.31. The van der Waals surface area contributed by atoms with E-state index in [1.807, 2.05) is 6.07 Å². The van der Waals surface area contributed by atoms with E-state index in [9.17, 15) is 18.3 Å². The summed E-state index contributed by atoms with van der Waals surface area (Å²) in [7, 11) is 0. The first-order valence-corrected chi connectivity index (χ1v) is 8.99. The van der Waals surface area contributed by atoms with Crippen molar-refractivity contribution in [2.75, 3.05) is 5.32 Å². The summed E-state index contributed by atoms with van der Waals surface area (Å²) in [5, 5.41) is 18.1. The first-order chi connectivity index (χ1) is 13.1. The third-order valence-electron chi connectivity index (χ3n) is 4.84. The standard InChI is InChI=1S/C19H20F3N5O/c1-18(2,28)16(12-5-7-13(8-6-12)19(20,21)22)26-15-9-14(11-3-4-11)25-17-23-10-24-27(15)17/h5-11,16,26,28H,3-4H2,1-2H3. The van der Waals surface area contributed by atoms with Gasteiger partial charge in [-0.2, -0.15) is 27.8 Å². The summed E-state index contributed by atoms with van der Waals surface area (Å²) < 4.78 is 40.2. The summed E-state index contributed by atoms with van der Waals surface area (Å²) >= 11 is 0. The zero-order chi connectivity index (χ0) is 20.1. The lowest BCUT2D eigenvalue weighted by molar-refractivity contribution is -0.137. The molecule has 6 nitrogen and oxygen atoms in total. The van der Waals surface area contributed by atoms with Crippen LogP contribution in [0.3, 0.4) is 0 Å². The monoisotopic (exact) mass is 391 g/mol. The molecule has 3 aromatic rings. The molecule has 0 aliphatic heterocycles. The number of hydrogen-bond acceptors (Lipinski definition) is 5. The highest BCUT2D eigenvalue weighted by Gasteiger charge is 2.33. The second kappa shape index (κ2) is 6.44. The van der Waals surface area contributed by atoms with Crippen molar-refractivity contribution in [3.8, 4) is 0 Å². The van der Waals surface area contributed by atoms with Gasteiger partial charge in [0.1, 0.15) is 12.1 Å². The average molecular weight is 391 g/mol. The molecule has 0 spiro atoms. The van der Waals surface area contributed by atoms with E-state index in [0.29, 0.717) is 23.1 Å². The average Bonchev–Trinajstić information content (AvgIpc) is 3.35. The van der Waals surface area contributed by atoms with Gasteiger partial charge in [-0.25, -0.2) is 4.98 Å². The first kappa shape index (κ1) is 18.7. The van der Waals surface area contributed by atoms with Crippen molar-refractivity contribution in [2.45, 2.75) is 50.4 Å². The third-order valence-corrected chi connectivity index (χ3v) is 4.84. The molecule has 1 atom stereocenters. The number of nitrogens with zero attached hydrogens (tertiary/aromatic N) is 4. The minimum Gasteiger partial charge on any atom is -0.388 e. The number of benzene rings is 1. The van der Waals surface area contributed by atoms with E-state index < -0.39 is 23.4 Å². The maximum absolute atomic E-state index is 12.9. The quantitative estimate of drug-likeness (QED) is 0.689. The molecule has 2 aromatic heterocycles. The number of halogens is 3. The maximum Gasteiger partial charge on any atom is 0.416 e. The molecule has 0 bridgehead atoms. The van der Waals surface area contributed by atoms with Gasteiger partial charge in [-0.05, 0) is 44.4 Å². The van der Waals surface area contributed by atoms with Crippen LogP contribution in [0.1, 0.15) is 55.5 Å². The number of aliphatic hydroxyl groups is 1. The fourth-order valence-corrected chi connectivity index (χ4v) is 3.20. The fourth-order valence-electron chi connectivity index (χ4n) is 3.20. The van der Waals surface area contributed by atoms with Crippen LogP contribution in [-0.2, 0) is 6.18 Å². The summed E-state index contributed by atoms with van der Waals surface area (Å²) in [4.78, 5) is 8.64. The fraction of sp³-hybridized carbons (Fsp3) is 0.421. The Bertz CT molecular complexity index is 987. The third kappa shape index (κ3) is 3.66. The van der Waals surface area contributed by atoms with Crippen LogP contribution in [0.25, 0.3) is 5.78 Å². The highest BCUT2D eigenvalue weighted by Crippen LogP contribution is 2.40. The summed E-state index contributed by atoms with van der Waals surface area (Å²) in [6.45, 7) is 3.20. The predicted octanol–water partition coefficient (Wildman–Crippen LogP) is 3.94. The molecule has 1 aromatic carbocycles. The molecule has 1 unspecified atom stereocenters. The summed E-state index contributed by atoms with van der Waals surface area (Å²) in [6.07, 6.45) is -0.899. The van der Waals surface area contributed by atoms with Gasteiger partial charge in [0.05, 0.1) is 22.9 Å². The van der Waals surface area contributed by atoms with Gasteiger partial charge in [-0.15, -0.1) is 0 Å². The highest BCUT2D eigenvalue weighted by molar-refractivity contribution is 5.49. The minimum atomic E-state index is -4.41. The van der Waals surface area contributed by atoms with Crippen molar-refractivity contribution in [3.05, 3.63) is 53.5 Å². The van der Waals surface area contributed by atoms with Gasteiger partial charge in [0.2, 0.25) is 0 Å². The smallest absolute Gasteiger partial charge is 0.388 e. The first-order valence-electron chi connectivity index (χ1n) is 8.99. The van der Waals surface area contributed by atoms with Gasteiger partial charge in [0.15, 0.2) is 0 Å². The van der Waals surface area contributed by atoms with Crippen molar-refractivity contribution in [2.24, 2.45) is 0 Å². The molecular formula is C19H20F3N5O. The molecule has 148 valence electrons. The Morgan fingerprint density at radius 1 is 1.18 bits per heavy atom. The number of nitrogens with one attached hydrogen (secondary N) is 1. The molecule has 4 rings (SSSR count). The van der Waals surface area contributed by atoms with Crippen LogP contribution in [0.5, 0.6) is 0 Å². The maximum atomic E-state index is 12.9. The van der Waals surface area contributed by atoms with Crippen LogP contribution < -0.4 is 5.32 Å². The van der Waals surface area contributed by atoms with Crippen LogP contribution in [0.2, 0.25) is 0 Å². The zero-order valence-electron chi connectivity index (χ0n) is 15.4. The van der Waals surface area contributed by atoms with Gasteiger partial charge < -0.3 is 10.4 Å². The Balaban J connectivity index is 1.72. The van der Waals surface area contributed by atoms with Crippen LogP contribution in [0, 0.1) is 0 Å². The van der Waals surface area contributed by atoms with E-state index >= 15 is 0 Å². The molecule has 28 heavy (non-hydrogen) atoms. The Morgan fingerprint density at radius 2 is 1.86 bits per heavy atom. The van der Waals surface area contributed by atoms with Crippen molar-refractivity contribution >= 4 is 11.6 Å². The SMILES string of the molecule is CC(C)(O)C(Nc1cc(C2CC2)nc2ncnn12)c1ccc(C(F)(F)F)cc1. The van der Waals surface area contributed by atoms with Gasteiger partial charge >= 0.3 is 6.18 Å². The lowest BCUT2D eigenvalue weighted by atomic mass is 9.91. The molecule has 0 radical (unpaired) electrons. The van der Waals surface area contributed by atoms with Crippen LogP contribution in [0.4, 0.5) is 19.0 Å². The zero-order valence-corrected chi connectivity index (χ0v) is 15.4. The topological polar surface area (TPSA) is 75.3 Å².